The lowest BCUT2D eigenvalue weighted by Crippen LogP contribution is -2.55. The molecule has 1 saturated heterocycles. The highest BCUT2D eigenvalue weighted by Crippen LogP contribution is 2.46. The van der Waals surface area contributed by atoms with Crippen LogP contribution in [-0.2, 0) is 20.9 Å². The molecule has 51 heavy (non-hydrogen) atoms. The SMILES string of the molecule is COc1cc2c(cc1-c1cncc(NC(=O)CNC(=O)OC(C)(C)C)c1)-c1c(c(C(=O)N3CCOCC3(C)C)nn1-c1cc(Cl)cc(Cl)c1)CO2. The van der Waals surface area contributed by atoms with Crippen molar-refractivity contribution in [1.29, 1.82) is 0 Å². The van der Waals surface area contributed by atoms with Crippen molar-refractivity contribution in [2.75, 3.05) is 38.7 Å². The van der Waals surface area contributed by atoms with Crippen molar-refractivity contribution in [2.24, 2.45) is 0 Å². The van der Waals surface area contributed by atoms with Crippen LogP contribution in [0.4, 0.5) is 10.5 Å². The summed E-state index contributed by atoms with van der Waals surface area (Å²) in [5, 5.41) is 10.9. The second kappa shape index (κ2) is 14.0. The van der Waals surface area contributed by atoms with Crippen LogP contribution in [0.15, 0.2) is 48.8 Å². The zero-order valence-corrected chi connectivity index (χ0v) is 30.6. The Morgan fingerprint density at radius 3 is 2.45 bits per heavy atom. The zero-order chi connectivity index (χ0) is 36.7. The molecular formula is C36H38Cl2N6O7. The smallest absolute Gasteiger partial charge is 0.408 e. The Hall–Kier alpha value is -4.85. The van der Waals surface area contributed by atoms with Gasteiger partial charge in [0.05, 0.1) is 49.1 Å². The maximum absolute atomic E-state index is 14.2. The minimum absolute atomic E-state index is 0.0748. The maximum atomic E-state index is 14.2. The number of aromatic nitrogens is 3. The number of anilines is 1. The van der Waals surface area contributed by atoms with Gasteiger partial charge in [-0.3, -0.25) is 14.6 Å². The Kier molecular flexibility index (Phi) is 9.90. The molecule has 4 aromatic rings. The Bertz CT molecular complexity index is 2000. The van der Waals surface area contributed by atoms with E-state index in [2.05, 4.69) is 15.6 Å². The molecule has 1 fully saturated rings. The molecule has 2 aromatic carbocycles. The van der Waals surface area contributed by atoms with E-state index in [0.29, 0.717) is 80.6 Å². The molecule has 268 valence electrons. The van der Waals surface area contributed by atoms with Gasteiger partial charge < -0.3 is 34.5 Å². The second-order valence-electron chi connectivity index (χ2n) is 13.7. The average Bonchev–Trinajstić information content (AvgIpc) is 3.45. The standard InChI is InChI=1S/C36H38Cl2N6O7/c1-35(2,3)51-34(47)40-17-30(45)41-23-9-20(15-39-16-23)25-13-26-29(14-28(25)48-6)50-18-27-31(33(46)43-7-8-49-19-36(43,4)5)42-44(32(26)27)24-11-21(37)10-22(38)12-24/h9-16H,7-8,17-19H2,1-6H3,(H,40,47)(H,41,45). The minimum Gasteiger partial charge on any atom is -0.496 e. The summed E-state index contributed by atoms with van der Waals surface area (Å²) in [6, 6.07) is 10.4. The lowest BCUT2D eigenvalue weighted by Gasteiger charge is -2.41. The number of methoxy groups -OCH3 is 1. The van der Waals surface area contributed by atoms with Crippen LogP contribution in [-0.4, -0.2) is 82.1 Å². The minimum atomic E-state index is -0.706. The Labute approximate surface area is 305 Å². The predicted octanol–water partition coefficient (Wildman–Crippen LogP) is 6.52. The highest BCUT2D eigenvalue weighted by molar-refractivity contribution is 6.34. The molecule has 0 aliphatic carbocycles. The fraction of sp³-hybridized carbons (Fsp3) is 0.361. The normalized spacial score (nSPS) is 14.9. The number of nitrogens with one attached hydrogen (secondary N) is 2. The van der Waals surface area contributed by atoms with Crippen molar-refractivity contribution in [1.82, 2.24) is 25.0 Å². The van der Waals surface area contributed by atoms with E-state index in [1.165, 1.54) is 6.20 Å². The first-order valence-electron chi connectivity index (χ1n) is 16.2. The fourth-order valence-corrected chi connectivity index (χ4v) is 6.50. The number of nitrogens with zero attached hydrogens (tertiary/aromatic N) is 4. The van der Waals surface area contributed by atoms with E-state index in [1.54, 1.807) is 74.0 Å². The molecule has 2 aliphatic heterocycles. The molecule has 13 nitrogen and oxygen atoms in total. The van der Waals surface area contributed by atoms with Crippen LogP contribution in [0, 0.1) is 0 Å². The lowest BCUT2D eigenvalue weighted by molar-refractivity contribution is -0.115. The van der Waals surface area contributed by atoms with Crippen molar-refractivity contribution >= 4 is 46.8 Å². The number of amides is 3. The molecule has 0 bridgehead atoms. The summed E-state index contributed by atoms with van der Waals surface area (Å²) < 4.78 is 24.6. The lowest BCUT2D eigenvalue weighted by atomic mass is 9.95. The molecule has 0 spiro atoms. The number of benzene rings is 2. The van der Waals surface area contributed by atoms with E-state index in [9.17, 15) is 14.4 Å². The Morgan fingerprint density at radius 1 is 1.02 bits per heavy atom. The predicted molar refractivity (Wildman–Crippen MR) is 192 cm³/mol. The Morgan fingerprint density at radius 2 is 1.76 bits per heavy atom. The third kappa shape index (κ3) is 7.75. The molecule has 0 unspecified atom stereocenters. The number of halogens is 2. The average molecular weight is 738 g/mol. The molecule has 0 atom stereocenters. The first-order chi connectivity index (χ1) is 24.1. The molecule has 0 saturated carbocycles. The molecule has 0 radical (unpaired) electrons. The molecule has 6 rings (SSSR count). The summed E-state index contributed by atoms with van der Waals surface area (Å²) in [7, 11) is 1.54. The third-order valence-corrected chi connectivity index (χ3v) is 8.66. The molecule has 2 N–H and O–H groups in total. The van der Waals surface area contributed by atoms with E-state index in [0.717, 1.165) is 0 Å². The highest BCUT2D eigenvalue weighted by Gasteiger charge is 2.39. The highest BCUT2D eigenvalue weighted by atomic mass is 35.5. The van der Waals surface area contributed by atoms with Crippen molar-refractivity contribution < 1.29 is 33.3 Å². The van der Waals surface area contributed by atoms with Crippen molar-refractivity contribution in [3.8, 4) is 39.6 Å². The molecule has 4 heterocycles. The van der Waals surface area contributed by atoms with Gasteiger partial charge in [0.2, 0.25) is 5.91 Å². The first kappa shape index (κ1) is 36.0. The second-order valence-corrected chi connectivity index (χ2v) is 14.6. The monoisotopic (exact) mass is 736 g/mol. The van der Waals surface area contributed by atoms with Crippen molar-refractivity contribution in [3.05, 3.63) is 70.1 Å². The maximum Gasteiger partial charge on any atom is 0.408 e. The summed E-state index contributed by atoms with van der Waals surface area (Å²) in [6.07, 6.45) is 2.42. The Balaban J connectivity index is 1.40. The molecule has 3 amide bonds. The largest absolute Gasteiger partial charge is 0.496 e. The summed E-state index contributed by atoms with van der Waals surface area (Å²) >= 11 is 12.9. The van der Waals surface area contributed by atoms with E-state index >= 15 is 0 Å². The van der Waals surface area contributed by atoms with Gasteiger partial charge in [-0.25, -0.2) is 9.48 Å². The van der Waals surface area contributed by atoms with Gasteiger partial charge in [-0.15, -0.1) is 0 Å². The number of carbonyl (C=O) groups is 3. The van der Waals surface area contributed by atoms with Gasteiger partial charge in [0.15, 0.2) is 5.69 Å². The van der Waals surface area contributed by atoms with Crippen LogP contribution in [0.25, 0.3) is 28.1 Å². The summed E-state index contributed by atoms with van der Waals surface area (Å²) in [6.45, 7) is 10.1. The molecule has 2 aromatic heterocycles. The summed E-state index contributed by atoms with van der Waals surface area (Å²) in [4.78, 5) is 45.1. The number of alkyl carbamates (subject to hydrolysis) is 1. The number of fused-ring (bicyclic) bond motifs is 3. The third-order valence-electron chi connectivity index (χ3n) is 8.22. The van der Waals surface area contributed by atoms with Gasteiger partial charge in [0, 0.05) is 51.1 Å². The van der Waals surface area contributed by atoms with Crippen LogP contribution < -0.4 is 20.1 Å². The first-order valence-corrected chi connectivity index (χ1v) is 16.9. The number of carbonyl (C=O) groups excluding carboxylic acids is 3. The van der Waals surface area contributed by atoms with Crippen LogP contribution in [0.1, 0.15) is 50.7 Å². The molecule has 15 heteroatoms. The van der Waals surface area contributed by atoms with Gasteiger partial charge in [0.1, 0.15) is 30.3 Å². The summed E-state index contributed by atoms with van der Waals surface area (Å²) in [5.74, 6) is 0.270. The van der Waals surface area contributed by atoms with Crippen LogP contribution in [0.3, 0.4) is 0 Å². The van der Waals surface area contributed by atoms with E-state index in [1.807, 2.05) is 19.9 Å². The zero-order valence-electron chi connectivity index (χ0n) is 29.1. The van der Waals surface area contributed by atoms with E-state index in [-0.39, 0.29) is 24.8 Å². The number of hydrogen-bond donors (Lipinski definition) is 2. The molecule has 2 aliphatic rings. The van der Waals surface area contributed by atoms with Crippen molar-refractivity contribution in [3.63, 3.8) is 0 Å². The van der Waals surface area contributed by atoms with Gasteiger partial charge >= 0.3 is 6.09 Å². The molecular weight excluding hydrogens is 699 g/mol. The number of hydrogen-bond acceptors (Lipinski definition) is 9. The van der Waals surface area contributed by atoms with Gasteiger partial charge in [-0.05, 0) is 65.0 Å². The number of pyridine rings is 1. The van der Waals surface area contributed by atoms with Gasteiger partial charge in [0.25, 0.3) is 5.91 Å². The van der Waals surface area contributed by atoms with Gasteiger partial charge in [-0.2, -0.15) is 5.10 Å². The van der Waals surface area contributed by atoms with E-state index < -0.39 is 23.1 Å². The summed E-state index contributed by atoms with van der Waals surface area (Å²) in [5.41, 5.74) is 3.02. The van der Waals surface area contributed by atoms with Crippen LogP contribution in [0.2, 0.25) is 10.0 Å². The topological polar surface area (TPSA) is 146 Å². The van der Waals surface area contributed by atoms with Crippen LogP contribution >= 0.6 is 23.2 Å². The van der Waals surface area contributed by atoms with Crippen LogP contribution in [0.5, 0.6) is 11.5 Å². The van der Waals surface area contributed by atoms with Gasteiger partial charge in [-0.1, -0.05) is 23.2 Å². The number of morpholine rings is 1. The van der Waals surface area contributed by atoms with E-state index in [4.69, 9.17) is 47.2 Å². The fourth-order valence-electron chi connectivity index (χ4n) is 5.98. The quantitative estimate of drug-likeness (QED) is 0.216. The van der Waals surface area contributed by atoms with Crippen molar-refractivity contribution in [2.45, 2.75) is 52.4 Å². The number of rotatable bonds is 7. The number of ether oxygens (including phenoxy) is 4.